The van der Waals surface area contributed by atoms with Gasteiger partial charge in [0.25, 0.3) is 0 Å². The fourth-order valence-electron chi connectivity index (χ4n) is 1.34. The Hall–Kier alpha value is -0.970. The molecular weight excluding hydrogens is 199 g/mol. The number of halogens is 1. The summed E-state index contributed by atoms with van der Waals surface area (Å²) in [6.07, 6.45) is -1.50. The lowest BCUT2D eigenvalue weighted by molar-refractivity contribution is -0.111. The summed E-state index contributed by atoms with van der Waals surface area (Å²) >= 11 is 0. The van der Waals surface area contributed by atoms with Gasteiger partial charge in [-0.05, 0) is 13.0 Å². The van der Waals surface area contributed by atoms with Gasteiger partial charge in [0.15, 0.2) is 0 Å². The number of aliphatic hydroxyl groups is 1. The highest BCUT2D eigenvalue weighted by atomic mass is 19.1. The monoisotopic (exact) mass is 214 g/mol. The predicted molar refractivity (Wildman–Crippen MR) is 53.8 cm³/mol. The molecule has 84 valence electrons. The van der Waals surface area contributed by atoms with Gasteiger partial charge in [-0.15, -0.1) is 0 Å². The molecule has 1 rings (SSSR count). The molecule has 0 spiro atoms. The standard InChI is InChI=1S/C11H15FO3/c1-8(13)11(15-7-14-2)9-5-3-4-6-10(9)12/h3-6,8,11,13H,7H2,1-2H3/t8-,11+/m0/s1. The van der Waals surface area contributed by atoms with Crippen LogP contribution in [0, 0.1) is 5.82 Å². The third-order valence-corrected chi connectivity index (χ3v) is 2.02. The normalized spacial score (nSPS) is 14.9. The number of benzene rings is 1. The Morgan fingerprint density at radius 3 is 2.60 bits per heavy atom. The summed E-state index contributed by atoms with van der Waals surface area (Å²) in [5.41, 5.74) is 0.338. The second-order valence-electron chi connectivity index (χ2n) is 3.26. The molecule has 0 saturated heterocycles. The van der Waals surface area contributed by atoms with E-state index in [0.717, 1.165) is 0 Å². The minimum atomic E-state index is -0.794. The molecule has 0 unspecified atom stereocenters. The lowest BCUT2D eigenvalue weighted by Gasteiger charge is -2.20. The van der Waals surface area contributed by atoms with Crippen LogP contribution in [0.1, 0.15) is 18.6 Å². The molecule has 0 fully saturated rings. The van der Waals surface area contributed by atoms with Crippen molar-refractivity contribution in [1.29, 1.82) is 0 Å². The molecule has 1 aromatic rings. The van der Waals surface area contributed by atoms with Crippen molar-refractivity contribution in [3.05, 3.63) is 35.6 Å². The smallest absolute Gasteiger partial charge is 0.147 e. The van der Waals surface area contributed by atoms with Crippen molar-refractivity contribution in [2.45, 2.75) is 19.1 Å². The van der Waals surface area contributed by atoms with Gasteiger partial charge in [0, 0.05) is 12.7 Å². The maximum Gasteiger partial charge on any atom is 0.147 e. The predicted octanol–water partition coefficient (Wildman–Crippen LogP) is 1.87. The van der Waals surface area contributed by atoms with Gasteiger partial charge in [0.1, 0.15) is 18.7 Å². The van der Waals surface area contributed by atoms with Gasteiger partial charge in [-0.1, -0.05) is 18.2 Å². The number of hydrogen-bond donors (Lipinski definition) is 1. The summed E-state index contributed by atoms with van der Waals surface area (Å²) < 4.78 is 23.3. The van der Waals surface area contributed by atoms with Crippen molar-refractivity contribution in [2.24, 2.45) is 0 Å². The summed E-state index contributed by atoms with van der Waals surface area (Å²) in [6, 6.07) is 6.21. The Labute approximate surface area is 88.4 Å². The van der Waals surface area contributed by atoms with Crippen LogP contribution < -0.4 is 0 Å². The van der Waals surface area contributed by atoms with E-state index in [9.17, 15) is 9.50 Å². The van der Waals surface area contributed by atoms with Gasteiger partial charge >= 0.3 is 0 Å². The molecular formula is C11H15FO3. The third kappa shape index (κ3) is 3.27. The zero-order chi connectivity index (χ0) is 11.3. The molecule has 0 aliphatic rings. The van der Waals surface area contributed by atoms with E-state index >= 15 is 0 Å². The number of rotatable bonds is 5. The molecule has 1 N–H and O–H groups in total. The molecule has 4 heteroatoms. The second-order valence-corrected chi connectivity index (χ2v) is 3.26. The maximum absolute atomic E-state index is 13.4. The number of ether oxygens (including phenoxy) is 2. The first kappa shape index (κ1) is 12.1. The fraction of sp³-hybridized carbons (Fsp3) is 0.455. The Bertz CT molecular complexity index is 302. The van der Waals surface area contributed by atoms with Crippen molar-refractivity contribution in [2.75, 3.05) is 13.9 Å². The van der Waals surface area contributed by atoms with Gasteiger partial charge in [0.05, 0.1) is 6.10 Å². The number of methoxy groups -OCH3 is 1. The van der Waals surface area contributed by atoms with Crippen molar-refractivity contribution >= 4 is 0 Å². The van der Waals surface area contributed by atoms with Crippen LogP contribution >= 0.6 is 0 Å². The molecule has 3 nitrogen and oxygen atoms in total. The van der Waals surface area contributed by atoms with E-state index in [-0.39, 0.29) is 12.6 Å². The van der Waals surface area contributed by atoms with Crippen LogP contribution in [0.4, 0.5) is 4.39 Å². The van der Waals surface area contributed by atoms with E-state index < -0.39 is 12.2 Å². The topological polar surface area (TPSA) is 38.7 Å². The van der Waals surface area contributed by atoms with Gasteiger partial charge in [0.2, 0.25) is 0 Å². The molecule has 1 aromatic carbocycles. The Balaban J connectivity index is 2.84. The zero-order valence-corrected chi connectivity index (χ0v) is 8.81. The molecule has 0 radical (unpaired) electrons. The minimum absolute atomic E-state index is 0.0178. The van der Waals surface area contributed by atoms with Crippen LogP contribution in [0.5, 0.6) is 0 Å². The molecule has 15 heavy (non-hydrogen) atoms. The average Bonchev–Trinajstić information content (AvgIpc) is 2.20. The molecule has 0 aliphatic heterocycles. The zero-order valence-electron chi connectivity index (χ0n) is 8.81. The van der Waals surface area contributed by atoms with Gasteiger partial charge in [-0.25, -0.2) is 4.39 Å². The van der Waals surface area contributed by atoms with E-state index in [2.05, 4.69) is 0 Å². The lowest BCUT2D eigenvalue weighted by atomic mass is 10.0. The van der Waals surface area contributed by atoms with Crippen molar-refractivity contribution in [3.8, 4) is 0 Å². The van der Waals surface area contributed by atoms with E-state index in [4.69, 9.17) is 9.47 Å². The van der Waals surface area contributed by atoms with E-state index in [0.29, 0.717) is 5.56 Å². The van der Waals surface area contributed by atoms with Crippen LogP contribution in [-0.2, 0) is 9.47 Å². The minimum Gasteiger partial charge on any atom is -0.390 e. The second kappa shape index (κ2) is 5.80. The molecule has 0 heterocycles. The molecule has 0 bridgehead atoms. The molecule has 2 atom stereocenters. The van der Waals surface area contributed by atoms with Crippen molar-refractivity contribution in [3.63, 3.8) is 0 Å². The summed E-state index contributed by atoms with van der Waals surface area (Å²) in [6.45, 7) is 1.57. The highest BCUT2D eigenvalue weighted by molar-refractivity contribution is 5.20. The van der Waals surface area contributed by atoms with Crippen LogP contribution in [0.2, 0.25) is 0 Å². The summed E-state index contributed by atoms with van der Waals surface area (Å²) in [5.74, 6) is -0.389. The highest BCUT2D eigenvalue weighted by Crippen LogP contribution is 2.23. The first-order valence-electron chi connectivity index (χ1n) is 4.70. The summed E-state index contributed by atoms with van der Waals surface area (Å²) in [7, 11) is 1.47. The molecule has 0 saturated carbocycles. The molecule has 0 aromatic heterocycles. The molecule has 0 amide bonds. The fourth-order valence-corrected chi connectivity index (χ4v) is 1.34. The van der Waals surface area contributed by atoms with Gasteiger partial charge < -0.3 is 14.6 Å². The van der Waals surface area contributed by atoms with Crippen LogP contribution in [0.15, 0.2) is 24.3 Å². The molecule has 0 aliphatic carbocycles. The van der Waals surface area contributed by atoms with Crippen LogP contribution in [-0.4, -0.2) is 25.1 Å². The number of hydrogen-bond acceptors (Lipinski definition) is 3. The van der Waals surface area contributed by atoms with Crippen LogP contribution in [0.3, 0.4) is 0 Å². The van der Waals surface area contributed by atoms with Gasteiger partial charge in [-0.3, -0.25) is 0 Å². The average molecular weight is 214 g/mol. The summed E-state index contributed by atoms with van der Waals surface area (Å²) in [4.78, 5) is 0. The Morgan fingerprint density at radius 1 is 1.40 bits per heavy atom. The van der Waals surface area contributed by atoms with Crippen molar-refractivity contribution in [1.82, 2.24) is 0 Å². The lowest BCUT2D eigenvalue weighted by Crippen LogP contribution is -2.20. The van der Waals surface area contributed by atoms with Crippen molar-refractivity contribution < 1.29 is 19.0 Å². The Kier molecular flexibility index (Phi) is 4.68. The SMILES string of the molecule is COCO[C@@H](c1ccccc1F)[C@H](C)O. The van der Waals surface area contributed by atoms with E-state index in [1.165, 1.54) is 13.2 Å². The largest absolute Gasteiger partial charge is 0.390 e. The summed E-state index contributed by atoms with van der Waals surface area (Å²) in [5, 5.41) is 9.47. The first-order valence-corrected chi connectivity index (χ1v) is 4.70. The van der Waals surface area contributed by atoms with E-state index in [1.54, 1.807) is 25.1 Å². The maximum atomic E-state index is 13.4. The van der Waals surface area contributed by atoms with Crippen LogP contribution in [0.25, 0.3) is 0 Å². The first-order chi connectivity index (χ1) is 7.16. The van der Waals surface area contributed by atoms with E-state index in [1.807, 2.05) is 0 Å². The van der Waals surface area contributed by atoms with Gasteiger partial charge in [-0.2, -0.15) is 0 Å². The number of aliphatic hydroxyl groups excluding tert-OH is 1. The Morgan fingerprint density at radius 2 is 2.07 bits per heavy atom. The quantitative estimate of drug-likeness (QED) is 0.760. The highest BCUT2D eigenvalue weighted by Gasteiger charge is 2.20. The third-order valence-electron chi connectivity index (χ3n) is 2.02.